The van der Waals surface area contributed by atoms with Gasteiger partial charge in [-0.05, 0) is 30.7 Å². The molecular weight excluding hydrogens is 394 g/mol. The molecule has 146 valence electrons. The number of carbonyl (C=O) groups is 1. The van der Waals surface area contributed by atoms with Gasteiger partial charge in [0.1, 0.15) is 0 Å². The van der Waals surface area contributed by atoms with Gasteiger partial charge in [-0.2, -0.15) is 4.99 Å². The highest BCUT2D eigenvalue weighted by Gasteiger charge is 2.18. The zero-order valence-electron chi connectivity index (χ0n) is 15.9. The van der Waals surface area contributed by atoms with Gasteiger partial charge in [-0.1, -0.05) is 35.9 Å². The summed E-state index contributed by atoms with van der Waals surface area (Å²) in [5.41, 5.74) is 2.53. The second kappa shape index (κ2) is 8.22. The fourth-order valence-corrected chi connectivity index (χ4v) is 4.22. The first kappa shape index (κ1) is 20.2. The number of amides is 1. The van der Waals surface area contributed by atoms with Crippen LogP contribution >= 0.6 is 11.3 Å². The number of sulfonamides is 1. The Bertz CT molecular complexity index is 1160. The van der Waals surface area contributed by atoms with Crippen LogP contribution in [0.5, 0.6) is 0 Å². The summed E-state index contributed by atoms with van der Waals surface area (Å²) in [6.07, 6.45) is 1.88. The van der Waals surface area contributed by atoms with Crippen LogP contribution in [0.3, 0.4) is 0 Å². The Morgan fingerprint density at radius 3 is 2.54 bits per heavy atom. The number of rotatable bonds is 5. The van der Waals surface area contributed by atoms with E-state index < -0.39 is 15.9 Å². The number of aryl methyl sites for hydroxylation is 1. The summed E-state index contributed by atoms with van der Waals surface area (Å²) >= 11 is 1.36. The van der Waals surface area contributed by atoms with Gasteiger partial charge in [0.2, 0.25) is 10.0 Å². The molecule has 3 aromatic rings. The summed E-state index contributed by atoms with van der Waals surface area (Å²) in [5.74, 6) is -0.476. The topological polar surface area (TPSA) is 71.7 Å². The van der Waals surface area contributed by atoms with Gasteiger partial charge >= 0.3 is 0 Å². The Morgan fingerprint density at radius 2 is 1.86 bits per heavy atom. The van der Waals surface area contributed by atoms with Gasteiger partial charge in [0.15, 0.2) is 4.80 Å². The first-order valence-electron chi connectivity index (χ1n) is 8.58. The van der Waals surface area contributed by atoms with Crippen LogP contribution in [0.2, 0.25) is 0 Å². The highest BCUT2D eigenvalue weighted by atomic mass is 32.2. The van der Waals surface area contributed by atoms with Gasteiger partial charge in [0.05, 0.1) is 4.90 Å². The lowest BCUT2D eigenvalue weighted by Crippen LogP contribution is -2.22. The summed E-state index contributed by atoms with van der Waals surface area (Å²) in [4.78, 5) is 17.5. The van der Waals surface area contributed by atoms with Gasteiger partial charge < -0.3 is 4.57 Å². The lowest BCUT2D eigenvalue weighted by Gasteiger charge is -2.11. The summed E-state index contributed by atoms with van der Waals surface area (Å²) in [6, 6.07) is 14.1. The summed E-state index contributed by atoms with van der Waals surface area (Å²) < 4.78 is 27.6. The highest BCUT2D eigenvalue weighted by molar-refractivity contribution is 7.89. The lowest BCUT2D eigenvalue weighted by atomic mass is 10.1. The Kier molecular flexibility index (Phi) is 5.93. The normalized spacial score (nSPS) is 12.5. The fraction of sp³-hybridized carbons (Fsp3) is 0.200. The van der Waals surface area contributed by atoms with Crippen LogP contribution < -0.4 is 4.80 Å². The highest BCUT2D eigenvalue weighted by Crippen LogP contribution is 2.15. The molecule has 0 bridgehead atoms. The minimum Gasteiger partial charge on any atom is -0.319 e. The quantitative estimate of drug-likeness (QED) is 0.643. The molecule has 28 heavy (non-hydrogen) atoms. The monoisotopic (exact) mass is 415 g/mol. The third kappa shape index (κ3) is 4.46. The average Bonchev–Trinajstić information content (AvgIpc) is 3.10. The smallest absolute Gasteiger partial charge is 0.279 e. The molecule has 0 fully saturated rings. The molecular formula is C20H21N3O3S2. The third-order valence-electron chi connectivity index (χ3n) is 4.19. The van der Waals surface area contributed by atoms with Gasteiger partial charge in [-0.15, -0.1) is 11.3 Å². The molecule has 0 aliphatic carbocycles. The van der Waals surface area contributed by atoms with Crippen molar-refractivity contribution in [3.8, 4) is 0 Å². The van der Waals surface area contributed by atoms with Crippen molar-refractivity contribution in [2.75, 3.05) is 14.1 Å². The van der Waals surface area contributed by atoms with Crippen molar-refractivity contribution in [3.05, 3.63) is 81.6 Å². The molecule has 1 amide bonds. The number of benzene rings is 2. The van der Waals surface area contributed by atoms with E-state index >= 15 is 0 Å². The molecule has 1 aromatic heterocycles. The maximum atomic E-state index is 12.6. The summed E-state index contributed by atoms with van der Waals surface area (Å²) in [6.45, 7) is 2.64. The first-order valence-corrected chi connectivity index (χ1v) is 10.9. The second-order valence-corrected chi connectivity index (χ2v) is 9.56. The van der Waals surface area contributed by atoms with Crippen LogP contribution in [0.1, 0.15) is 21.5 Å². The molecule has 0 aliphatic rings. The average molecular weight is 416 g/mol. The van der Waals surface area contributed by atoms with E-state index in [0.717, 1.165) is 9.87 Å². The molecule has 0 saturated heterocycles. The fourth-order valence-electron chi connectivity index (χ4n) is 2.55. The van der Waals surface area contributed by atoms with Gasteiger partial charge in [-0.25, -0.2) is 12.7 Å². The largest absolute Gasteiger partial charge is 0.319 e. The number of thiazole rings is 1. The minimum atomic E-state index is -3.61. The summed E-state index contributed by atoms with van der Waals surface area (Å²) in [5, 5.41) is 1.87. The molecule has 0 unspecified atom stereocenters. The van der Waals surface area contributed by atoms with Crippen LogP contribution in [0, 0.1) is 6.92 Å². The zero-order valence-corrected chi connectivity index (χ0v) is 17.5. The van der Waals surface area contributed by atoms with Crippen LogP contribution in [-0.4, -0.2) is 37.3 Å². The van der Waals surface area contributed by atoms with E-state index in [1.807, 2.05) is 47.3 Å². The molecule has 0 radical (unpaired) electrons. The van der Waals surface area contributed by atoms with Crippen LogP contribution in [0.15, 0.2) is 70.0 Å². The van der Waals surface area contributed by atoms with Crippen molar-refractivity contribution in [1.29, 1.82) is 0 Å². The Labute approximate surface area is 168 Å². The predicted molar refractivity (Wildman–Crippen MR) is 110 cm³/mol. The van der Waals surface area contributed by atoms with E-state index in [1.54, 1.807) is 12.1 Å². The van der Waals surface area contributed by atoms with E-state index in [4.69, 9.17) is 0 Å². The van der Waals surface area contributed by atoms with Crippen molar-refractivity contribution in [2.45, 2.75) is 18.4 Å². The Balaban J connectivity index is 1.90. The standard InChI is InChI=1S/C20H21N3O3S2/c1-15-7-9-16(10-8-15)14-23-11-12-27-20(23)21-19(24)17-5-4-6-18(13-17)28(25,26)22(2)3/h4-13H,14H2,1-3H3. The van der Waals surface area contributed by atoms with E-state index in [2.05, 4.69) is 4.99 Å². The van der Waals surface area contributed by atoms with Crippen molar-refractivity contribution in [2.24, 2.45) is 4.99 Å². The number of hydrogen-bond acceptors (Lipinski definition) is 4. The van der Waals surface area contributed by atoms with E-state index in [0.29, 0.717) is 11.3 Å². The van der Waals surface area contributed by atoms with Crippen molar-refractivity contribution in [3.63, 3.8) is 0 Å². The van der Waals surface area contributed by atoms with E-state index in [9.17, 15) is 13.2 Å². The molecule has 0 atom stereocenters. The molecule has 0 saturated carbocycles. The van der Waals surface area contributed by atoms with Crippen LogP contribution in [0.4, 0.5) is 0 Å². The van der Waals surface area contributed by atoms with Crippen molar-refractivity contribution < 1.29 is 13.2 Å². The maximum absolute atomic E-state index is 12.6. The second-order valence-electron chi connectivity index (χ2n) is 6.53. The zero-order chi connectivity index (χ0) is 20.3. The minimum absolute atomic E-state index is 0.0669. The van der Waals surface area contributed by atoms with Crippen LogP contribution in [-0.2, 0) is 16.6 Å². The molecule has 0 N–H and O–H groups in total. The van der Waals surface area contributed by atoms with Gasteiger partial charge in [0, 0.05) is 37.8 Å². The molecule has 1 heterocycles. The van der Waals surface area contributed by atoms with E-state index in [-0.39, 0.29) is 10.5 Å². The molecule has 6 nitrogen and oxygen atoms in total. The van der Waals surface area contributed by atoms with Gasteiger partial charge in [-0.3, -0.25) is 4.79 Å². The Morgan fingerprint density at radius 1 is 1.14 bits per heavy atom. The predicted octanol–water partition coefficient (Wildman–Crippen LogP) is 2.90. The lowest BCUT2D eigenvalue weighted by molar-refractivity contribution is 0.0997. The number of nitrogens with zero attached hydrogens (tertiary/aromatic N) is 3. The van der Waals surface area contributed by atoms with E-state index in [1.165, 1.54) is 43.1 Å². The number of carbonyl (C=O) groups excluding carboxylic acids is 1. The molecule has 3 rings (SSSR count). The SMILES string of the molecule is Cc1ccc(Cn2ccsc2=NC(=O)c2cccc(S(=O)(=O)N(C)C)c2)cc1. The van der Waals surface area contributed by atoms with Crippen molar-refractivity contribution >= 4 is 27.3 Å². The number of hydrogen-bond donors (Lipinski definition) is 0. The maximum Gasteiger partial charge on any atom is 0.279 e. The van der Waals surface area contributed by atoms with Gasteiger partial charge in [0.25, 0.3) is 5.91 Å². The summed E-state index contributed by atoms with van der Waals surface area (Å²) in [7, 11) is -0.706. The number of aromatic nitrogens is 1. The molecule has 0 aliphatic heterocycles. The molecule has 8 heteroatoms. The third-order valence-corrected chi connectivity index (χ3v) is 6.80. The molecule has 2 aromatic carbocycles. The van der Waals surface area contributed by atoms with Crippen molar-refractivity contribution in [1.82, 2.24) is 8.87 Å². The Hall–Kier alpha value is -2.55. The molecule has 0 spiro atoms. The van der Waals surface area contributed by atoms with Crippen LogP contribution in [0.25, 0.3) is 0 Å². The first-order chi connectivity index (χ1) is 13.3.